The number of hydrogen-bond donors (Lipinski definition) is 0. The minimum atomic E-state index is 0.431. The van der Waals surface area contributed by atoms with Crippen LogP contribution in [0.1, 0.15) is 0 Å². The molecule has 4 rings (SSSR count). The van der Waals surface area contributed by atoms with E-state index in [0.717, 1.165) is 0 Å². The molecule has 18 heavy (non-hydrogen) atoms. The summed E-state index contributed by atoms with van der Waals surface area (Å²) >= 11 is 1.72. The van der Waals surface area contributed by atoms with Crippen LogP contribution in [0.2, 0.25) is 0 Å². The maximum atomic E-state index is 4.23. The van der Waals surface area contributed by atoms with Crippen molar-refractivity contribution in [3.63, 3.8) is 0 Å². The number of rotatable bonds is 0. The summed E-state index contributed by atoms with van der Waals surface area (Å²) in [5, 5.41) is 0. The summed E-state index contributed by atoms with van der Waals surface area (Å²) < 4.78 is 0. The standard InChI is InChI=1S/C16H11NS/c1-2-6-13-11(4-1)8-15-14(13)7-3-5-12-9-17-10-18-16(12)15/h1-10,13H. The summed E-state index contributed by atoms with van der Waals surface area (Å²) in [5.41, 5.74) is 7.28. The molecule has 1 nitrogen and oxygen atoms in total. The zero-order chi connectivity index (χ0) is 11.9. The Kier molecular flexibility index (Phi) is 2.17. The molecule has 4 aliphatic rings. The van der Waals surface area contributed by atoms with E-state index in [-0.39, 0.29) is 0 Å². The van der Waals surface area contributed by atoms with Gasteiger partial charge < -0.3 is 0 Å². The van der Waals surface area contributed by atoms with Crippen molar-refractivity contribution in [1.29, 1.82) is 0 Å². The fourth-order valence-electron chi connectivity index (χ4n) is 2.70. The van der Waals surface area contributed by atoms with Gasteiger partial charge in [0, 0.05) is 22.6 Å². The minimum Gasteiger partial charge on any atom is -0.257 e. The first-order valence-electron chi connectivity index (χ1n) is 6.02. The number of fused-ring (bicyclic) bond motifs is 4. The van der Waals surface area contributed by atoms with Gasteiger partial charge in [0.1, 0.15) is 0 Å². The second-order valence-corrected chi connectivity index (χ2v) is 5.40. The van der Waals surface area contributed by atoms with Gasteiger partial charge in [0.15, 0.2) is 0 Å². The summed E-state index contributed by atoms with van der Waals surface area (Å²) in [6, 6.07) is 0. The topological polar surface area (TPSA) is 12.4 Å². The summed E-state index contributed by atoms with van der Waals surface area (Å²) in [6.45, 7) is 0. The molecule has 1 unspecified atom stereocenters. The molecule has 0 saturated carbocycles. The average molecular weight is 249 g/mol. The van der Waals surface area contributed by atoms with Crippen molar-refractivity contribution in [1.82, 2.24) is 0 Å². The van der Waals surface area contributed by atoms with E-state index in [4.69, 9.17) is 0 Å². The van der Waals surface area contributed by atoms with Gasteiger partial charge in [-0.2, -0.15) is 0 Å². The Morgan fingerprint density at radius 3 is 3.11 bits per heavy atom. The zero-order valence-electron chi connectivity index (χ0n) is 9.71. The van der Waals surface area contributed by atoms with Crippen molar-refractivity contribution in [3.05, 3.63) is 82.0 Å². The average Bonchev–Trinajstić information content (AvgIpc) is 2.69. The highest BCUT2D eigenvalue weighted by Crippen LogP contribution is 2.45. The Balaban J connectivity index is 1.95. The maximum absolute atomic E-state index is 4.23. The molecule has 0 amide bonds. The van der Waals surface area contributed by atoms with Gasteiger partial charge in [-0.05, 0) is 22.8 Å². The Bertz CT molecular complexity index is 663. The van der Waals surface area contributed by atoms with Gasteiger partial charge in [-0.1, -0.05) is 54.3 Å². The third-order valence-electron chi connectivity index (χ3n) is 3.52. The van der Waals surface area contributed by atoms with Crippen molar-refractivity contribution in [2.75, 3.05) is 0 Å². The van der Waals surface area contributed by atoms with Crippen LogP contribution in [0.5, 0.6) is 0 Å². The lowest BCUT2D eigenvalue weighted by molar-refractivity contribution is 0.970. The molecule has 1 heterocycles. The Hall–Kier alpha value is -1.80. The molecule has 0 aromatic carbocycles. The lowest BCUT2D eigenvalue weighted by Gasteiger charge is -2.14. The first kappa shape index (κ1) is 10.2. The highest BCUT2D eigenvalue weighted by atomic mass is 32.2. The number of aliphatic imine (C=N–C) groups is 1. The molecule has 0 radical (unpaired) electrons. The van der Waals surface area contributed by atoms with Crippen LogP contribution in [0.15, 0.2) is 87.0 Å². The summed E-state index contributed by atoms with van der Waals surface area (Å²) in [4.78, 5) is 5.55. The van der Waals surface area contributed by atoms with Crippen molar-refractivity contribution >= 4 is 17.3 Å². The fraction of sp³-hybridized carbons (Fsp3) is 0.0625. The Labute approximate surface area is 110 Å². The molecule has 0 aromatic heterocycles. The SMILES string of the molecule is C1=CC2=CN=CSC2=C2C=C3C=CC=CC3C2=C1. The predicted octanol–water partition coefficient (Wildman–Crippen LogP) is 4.08. The van der Waals surface area contributed by atoms with Gasteiger partial charge in [0.2, 0.25) is 0 Å². The van der Waals surface area contributed by atoms with Crippen LogP contribution in [0.25, 0.3) is 0 Å². The lowest BCUT2D eigenvalue weighted by atomic mass is 9.92. The Morgan fingerprint density at radius 1 is 1.11 bits per heavy atom. The second kappa shape index (κ2) is 3.85. The maximum Gasteiger partial charge on any atom is 0.0645 e. The van der Waals surface area contributed by atoms with Crippen molar-refractivity contribution < 1.29 is 0 Å². The smallest absolute Gasteiger partial charge is 0.0645 e. The zero-order valence-corrected chi connectivity index (χ0v) is 10.5. The molecule has 0 aromatic rings. The largest absolute Gasteiger partial charge is 0.257 e. The predicted molar refractivity (Wildman–Crippen MR) is 78.3 cm³/mol. The van der Waals surface area contributed by atoms with Gasteiger partial charge in [-0.3, -0.25) is 4.99 Å². The lowest BCUT2D eigenvalue weighted by Crippen LogP contribution is -2.00. The van der Waals surface area contributed by atoms with Gasteiger partial charge in [-0.15, -0.1) is 0 Å². The molecule has 0 N–H and O–H groups in total. The fourth-order valence-corrected chi connectivity index (χ4v) is 3.49. The van der Waals surface area contributed by atoms with E-state index in [9.17, 15) is 0 Å². The molecular weight excluding hydrogens is 238 g/mol. The van der Waals surface area contributed by atoms with Gasteiger partial charge in [-0.25, -0.2) is 0 Å². The second-order valence-electron chi connectivity index (χ2n) is 4.55. The normalized spacial score (nSPS) is 27.1. The summed E-state index contributed by atoms with van der Waals surface area (Å²) in [7, 11) is 0. The van der Waals surface area contributed by atoms with Crippen LogP contribution >= 0.6 is 11.8 Å². The van der Waals surface area contributed by atoms with Gasteiger partial charge in [0.25, 0.3) is 0 Å². The number of nitrogens with zero attached hydrogens (tertiary/aromatic N) is 1. The molecule has 0 saturated heterocycles. The van der Waals surface area contributed by atoms with Crippen LogP contribution in [0.3, 0.4) is 0 Å². The molecule has 3 aliphatic carbocycles. The molecule has 2 heteroatoms. The van der Waals surface area contributed by atoms with Crippen LogP contribution in [0.4, 0.5) is 0 Å². The van der Waals surface area contributed by atoms with E-state index in [0.29, 0.717) is 5.92 Å². The van der Waals surface area contributed by atoms with E-state index in [2.05, 4.69) is 53.6 Å². The first-order valence-corrected chi connectivity index (χ1v) is 6.90. The Morgan fingerprint density at radius 2 is 2.11 bits per heavy atom. The number of thioether (sulfide) groups is 1. The van der Waals surface area contributed by atoms with Crippen LogP contribution in [-0.4, -0.2) is 5.55 Å². The molecule has 86 valence electrons. The highest BCUT2D eigenvalue weighted by molar-refractivity contribution is 8.15. The van der Waals surface area contributed by atoms with Gasteiger partial charge in [0.05, 0.1) is 5.55 Å². The molecule has 0 bridgehead atoms. The van der Waals surface area contributed by atoms with E-state index in [1.807, 2.05) is 11.7 Å². The monoisotopic (exact) mass is 249 g/mol. The number of allylic oxidation sites excluding steroid dienone is 12. The van der Waals surface area contributed by atoms with Crippen molar-refractivity contribution in [2.45, 2.75) is 0 Å². The summed E-state index contributed by atoms with van der Waals surface area (Å²) in [5.74, 6) is 0.431. The molecule has 0 fully saturated rings. The minimum absolute atomic E-state index is 0.431. The van der Waals surface area contributed by atoms with E-state index in [1.165, 1.54) is 27.2 Å². The van der Waals surface area contributed by atoms with Crippen molar-refractivity contribution in [2.24, 2.45) is 10.9 Å². The van der Waals surface area contributed by atoms with Crippen LogP contribution in [-0.2, 0) is 0 Å². The van der Waals surface area contributed by atoms with E-state index < -0.39 is 0 Å². The molecule has 1 aliphatic heterocycles. The van der Waals surface area contributed by atoms with E-state index in [1.54, 1.807) is 11.8 Å². The van der Waals surface area contributed by atoms with E-state index >= 15 is 0 Å². The third kappa shape index (κ3) is 1.39. The highest BCUT2D eigenvalue weighted by Gasteiger charge is 2.29. The molecule has 0 spiro atoms. The van der Waals surface area contributed by atoms with Crippen LogP contribution in [0, 0.1) is 5.92 Å². The van der Waals surface area contributed by atoms with Gasteiger partial charge >= 0.3 is 0 Å². The first-order chi connectivity index (χ1) is 8.93. The quantitative estimate of drug-likeness (QED) is 0.630. The molecular formula is C16H11NS. The summed E-state index contributed by atoms with van der Waals surface area (Å²) in [6.07, 6.45) is 19.5. The third-order valence-corrected chi connectivity index (χ3v) is 4.44. The number of hydrogen-bond acceptors (Lipinski definition) is 2. The van der Waals surface area contributed by atoms with Crippen LogP contribution < -0.4 is 0 Å². The molecule has 1 atom stereocenters. The van der Waals surface area contributed by atoms with Crippen molar-refractivity contribution in [3.8, 4) is 0 Å².